The van der Waals surface area contributed by atoms with Gasteiger partial charge in [0.25, 0.3) is 0 Å². The molecule has 0 aromatic carbocycles. The number of rotatable bonds is 4. The zero-order chi connectivity index (χ0) is 11.4. The van der Waals surface area contributed by atoms with E-state index in [9.17, 15) is 0 Å². The van der Waals surface area contributed by atoms with E-state index in [1.165, 1.54) is 37.9 Å². The van der Waals surface area contributed by atoms with Crippen LogP contribution in [0, 0.1) is 0 Å². The topological polar surface area (TPSA) is 15.3 Å². The summed E-state index contributed by atoms with van der Waals surface area (Å²) in [6.07, 6.45) is 3.79. The highest BCUT2D eigenvalue weighted by atomic mass is 32.1. The van der Waals surface area contributed by atoms with Gasteiger partial charge in [0.2, 0.25) is 0 Å². The molecule has 1 aromatic rings. The Morgan fingerprint density at radius 2 is 2.44 bits per heavy atom. The molecule has 0 radical (unpaired) electrons. The largest absolute Gasteiger partial charge is 0.317 e. The average Bonchev–Trinajstić information content (AvgIpc) is 2.80. The third kappa shape index (κ3) is 3.06. The van der Waals surface area contributed by atoms with Crippen molar-refractivity contribution in [1.29, 1.82) is 0 Å². The smallest absolute Gasteiger partial charge is 0.00910 e. The van der Waals surface area contributed by atoms with Crippen LogP contribution in [0.5, 0.6) is 0 Å². The van der Waals surface area contributed by atoms with Crippen molar-refractivity contribution in [2.75, 3.05) is 20.1 Å². The van der Waals surface area contributed by atoms with Gasteiger partial charge < -0.3 is 10.2 Å². The van der Waals surface area contributed by atoms with E-state index in [1.807, 2.05) is 0 Å². The minimum absolute atomic E-state index is 0.727. The fourth-order valence-corrected chi connectivity index (χ4v) is 3.23. The number of nitrogens with zero attached hydrogens (tertiary/aromatic N) is 1. The highest BCUT2D eigenvalue weighted by Crippen LogP contribution is 2.18. The molecule has 0 amide bonds. The molecule has 2 nitrogen and oxygen atoms in total. The molecule has 0 saturated carbocycles. The fourth-order valence-electron chi connectivity index (χ4n) is 2.52. The van der Waals surface area contributed by atoms with Crippen molar-refractivity contribution in [3.8, 4) is 0 Å². The van der Waals surface area contributed by atoms with Crippen molar-refractivity contribution in [3.63, 3.8) is 0 Å². The molecule has 3 heteroatoms. The summed E-state index contributed by atoms with van der Waals surface area (Å²) in [5, 5.41) is 7.84. The summed E-state index contributed by atoms with van der Waals surface area (Å²) < 4.78 is 0. The number of hydrogen-bond acceptors (Lipinski definition) is 3. The average molecular weight is 238 g/mol. The molecule has 1 N–H and O–H groups in total. The third-order valence-electron chi connectivity index (χ3n) is 3.69. The van der Waals surface area contributed by atoms with Crippen LogP contribution in [0.3, 0.4) is 0 Å². The number of thiophene rings is 1. The molecule has 1 aliphatic rings. The zero-order valence-corrected chi connectivity index (χ0v) is 11.1. The Hall–Kier alpha value is -0.380. The van der Waals surface area contributed by atoms with Gasteiger partial charge in [-0.1, -0.05) is 0 Å². The molecule has 1 saturated heterocycles. The second-order valence-corrected chi connectivity index (χ2v) is 5.56. The second kappa shape index (κ2) is 5.80. The van der Waals surface area contributed by atoms with Crippen LogP contribution in [-0.2, 0) is 6.42 Å². The van der Waals surface area contributed by atoms with Crippen LogP contribution < -0.4 is 5.32 Å². The van der Waals surface area contributed by atoms with Gasteiger partial charge in [-0.25, -0.2) is 0 Å². The maximum absolute atomic E-state index is 3.40. The predicted molar refractivity (Wildman–Crippen MR) is 71.1 cm³/mol. The summed E-state index contributed by atoms with van der Waals surface area (Å²) >= 11 is 1.80. The molecule has 1 aromatic heterocycles. The van der Waals surface area contributed by atoms with E-state index in [0.29, 0.717) is 0 Å². The Morgan fingerprint density at radius 3 is 3.06 bits per heavy atom. The van der Waals surface area contributed by atoms with Gasteiger partial charge in [-0.2, -0.15) is 11.3 Å². The van der Waals surface area contributed by atoms with Crippen LogP contribution in [0.4, 0.5) is 0 Å². The first kappa shape index (κ1) is 12.1. The van der Waals surface area contributed by atoms with Gasteiger partial charge in [0, 0.05) is 18.6 Å². The van der Waals surface area contributed by atoms with Crippen LogP contribution in [0.2, 0.25) is 0 Å². The molecule has 2 atom stereocenters. The molecule has 16 heavy (non-hydrogen) atoms. The van der Waals surface area contributed by atoms with E-state index >= 15 is 0 Å². The molecular weight excluding hydrogens is 216 g/mol. The first-order valence-corrected chi connectivity index (χ1v) is 7.16. The summed E-state index contributed by atoms with van der Waals surface area (Å²) in [6.45, 7) is 4.82. The summed E-state index contributed by atoms with van der Waals surface area (Å²) in [5.74, 6) is 0. The number of piperidine rings is 1. The first-order valence-electron chi connectivity index (χ1n) is 6.22. The molecule has 90 valence electrons. The van der Waals surface area contributed by atoms with Crippen molar-refractivity contribution >= 4 is 11.3 Å². The van der Waals surface area contributed by atoms with E-state index in [0.717, 1.165) is 12.1 Å². The zero-order valence-electron chi connectivity index (χ0n) is 10.3. The maximum Gasteiger partial charge on any atom is 0.00910 e. The Balaban J connectivity index is 1.78. The van der Waals surface area contributed by atoms with Gasteiger partial charge in [-0.3, -0.25) is 0 Å². The lowest BCUT2D eigenvalue weighted by atomic mass is 9.98. The quantitative estimate of drug-likeness (QED) is 0.866. The number of nitrogens with one attached hydrogen (secondary N) is 1. The Labute approximate surface area is 103 Å². The molecular formula is C13H22N2S. The standard InChI is InChI=1S/C13H22N2S/c1-11-9-13(14-2)4-7-15(11)6-3-12-5-8-16-10-12/h5,8,10-11,13-14H,3-4,6-7,9H2,1-2H3. The lowest BCUT2D eigenvalue weighted by Crippen LogP contribution is -2.47. The summed E-state index contributed by atoms with van der Waals surface area (Å²) in [6, 6.07) is 3.70. The van der Waals surface area contributed by atoms with E-state index in [2.05, 4.69) is 41.0 Å². The van der Waals surface area contributed by atoms with Crippen LogP contribution in [0.15, 0.2) is 16.8 Å². The SMILES string of the molecule is CNC1CCN(CCc2ccsc2)C(C)C1. The van der Waals surface area contributed by atoms with E-state index < -0.39 is 0 Å². The van der Waals surface area contributed by atoms with Crippen LogP contribution in [0.1, 0.15) is 25.3 Å². The van der Waals surface area contributed by atoms with Crippen LogP contribution >= 0.6 is 11.3 Å². The van der Waals surface area contributed by atoms with Crippen molar-refractivity contribution in [2.45, 2.75) is 38.3 Å². The highest BCUT2D eigenvalue weighted by Gasteiger charge is 2.23. The second-order valence-electron chi connectivity index (χ2n) is 4.78. The molecule has 2 rings (SSSR count). The molecule has 0 bridgehead atoms. The Kier molecular flexibility index (Phi) is 4.38. The van der Waals surface area contributed by atoms with Crippen molar-refractivity contribution in [3.05, 3.63) is 22.4 Å². The lowest BCUT2D eigenvalue weighted by Gasteiger charge is -2.37. The van der Waals surface area contributed by atoms with Crippen molar-refractivity contribution in [1.82, 2.24) is 10.2 Å². The molecule has 0 spiro atoms. The van der Waals surface area contributed by atoms with Gasteiger partial charge >= 0.3 is 0 Å². The monoisotopic (exact) mass is 238 g/mol. The molecule has 1 aliphatic heterocycles. The van der Waals surface area contributed by atoms with Gasteiger partial charge in [-0.05, 0) is 62.2 Å². The highest BCUT2D eigenvalue weighted by molar-refractivity contribution is 7.07. The predicted octanol–water partition coefficient (Wildman–Crippen LogP) is 2.36. The van der Waals surface area contributed by atoms with E-state index in [4.69, 9.17) is 0 Å². The third-order valence-corrected chi connectivity index (χ3v) is 4.42. The summed E-state index contributed by atoms with van der Waals surface area (Å²) in [4.78, 5) is 2.63. The maximum atomic E-state index is 3.40. The lowest BCUT2D eigenvalue weighted by molar-refractivity contribution is 0.140. The number of likely N-dealkylation sites (tertiary alicyclic amines) is 1. The van der Waals surface area contributed by atoms with E-state index in [1.54, 1.807) is 11.3 Å². The van der Waals surface area contributed by atoms with E-state index in [-0.39, 0.29) is 0 Å². The molecule has 1 fully saturated rings. The van der Waals surface area contributed by atoms with Gasteiger partial charge in [0.1, 0.15) is 0 Å². The van der Waals surface area contributed by atoms with Crippen LogP contribution in [0.25, 0.3) is 0 Å². The van der Waals surface area contributed by atoms with Gasteiger partial charge in [0.15, 0.2) is 0 Å². The number of hydrogen-bond donors (Lipinski definition) is 1. The fraction of sp³-hybridized carbons (Fsp3) is 0.692. The molecule has 2 heterocycles. The minimum atomic E-state index is 0.727. The van der Waals surface area contributed by atoms with Gasteiger partial charge in [0.05, 0.1) is 0 Å². The minimum Gasteiger partial charge on any atom is -0.317 e. The molecule has 2 unspecified atom stereocenters. The van der Waals surface area contributed by atoms with Crippen molar-refractivity contribution < 1.29 is 0 Å². The first-order chi connectivity index (χ1) is 7.79. The molecule has 0 aliphatic carbocycles. The Morgan fingerprint density at radius 1 is 1.56 bits per heavy atom. The van der Waals surface area contributed by atoms with Crippen LogP contribution in [-0.4, -0.2) is 37.1 Å². The Bertz CT molecular complexity index is 297. The van der Waals surface area contributed by atoms with Crippen molar-refractivity contribution in [2.24, 2.45) is 0 Å². The summed E-state index contributed by atoms with van der Waals surface area (Å²) in [7, 11) is 2.08. The normalized spacial score (nSPS) is 27.1. The summed E-state index contributed by atoms with van der Waals surface area (Å²) in [5.41, 5.74) is 1.49. The van der Waals surface area contributed by atoms with Gasteiger partial charge in [-0.15, -0.1) is 0 Å².